The van der Waals surface area contributed by atoms with Crippen LogP contribution in [0.2, 0.25) is 0 Å². The van der Waals surface area contributed by atoms with Gasteiger partial charge in [0.05, 0.1) is 24.0 Å². The van der Waals surface area contributed by atoms with Crippen LogP contribution >= 0.6 is 0 Å². The van der Waals surface area contributed by atoms with E-state index in [1.807, 2.05) is 42.9 Å². The van der Waals surface area contributed by atoms with Crippen LogP contribution in [0.15, 0.2) is 36.7 Å². The molecule has 0 fully saturated rings. The zero-order valence-electron chi connectivity index (χ0n) is 14.8. The first-order valence-corrected chi connectivity index (χ1v) is 8.41. The second-order valence-corrected chi connectivity index (χ2v) is 6.01. The predicted octanol–water partition coefficient (Wildman–Crippen LogP) is 3.34. The molecule has 132 valence electrons. The van der Waals surface area contributed by atoms with E-state index in [4.69, 9.17) is 4.74 Å². The van der Waals surface area contributed by atoms with Crippen molar-refractivity contribution in [3.8, 4) is 11.3 Å². The molecule has 0 atom stereocenters. The Bertz CT molecular complexity index is 1130. The maximum atomic E-state index is 12.0. The van der Waals surface area contributed by atoms with Crippen molar-refractivity contribution >= 4 is 33.9 Å². The van der Waals surface area contributed by atoms with Gasteiger partial charge in [0.2, 0.25) is 0 Å². The van der Waals surface area contributed by atoms with E-state index in [0.29, 0.717) is 12.2 Å². The Morgan fingerprint density at radius 3 is 2.96 bits per heavy atom. The molecule has 1 aromatic carbocycles. The summed E-state index contributed by atoms with van der Waals surface area (Å²) >= 11 is 0. The number of aromatic amines is 1. The number of aromatic nitrogens is 4. The summed E-state index contributed by atoms with van der Waals surface area (Å²) in [7, 11) is 3.79. The number of anilines is 1. The number of hydrogen-bond donors (Lipinski definition) is 2. The number of H-pyrrole nitrogens is 1. The highest BCUT2D eigenvalue weighted by molar-refractivity contribution is 6.07. The van der Waals surface area contributed by atoms with Gasteiger partial charge in [-0.3, -0.25) is 0 Å². The van der Waals surface area contributed by atoms with Gasteiger partial charge in [0, 0.05) is 25.2 Å². The molecule has 0 saturated carbocycles. The second-order valence-electron chi connectivity index (χ2n) is 6.01. The number of rotatable bonds is 4. The number of nitrogens with one attached hydrogen (secondary N) is 2. The summed E-state index contributed by atoms with van der Waals surface area (Å²) in [5.74, 6) is 0.400. The lowest BCUT2D eigenvalue weighted by atomic mass is 10.1. The first-order chi connectivity index (χ1) is 12.6. The zero-order chi connectivity index (χ0) is 18.3. The van der Waals surface area contributed by atoms with E-state index >= 15 is 0 Å². The highest BCUT2D eigenvalue weighted by atomic mass is 16.5. The minimum absolute atomic E-state index is 0.324. The molecule has 2 N–H and O–H groups in total. The number of esters is 1. The summed E-state index contributed by atoms with van der Waals surface area (Å²) in [6.45, 7) is 2.15. The molecule has 4 rings (SSSR count). The number of nitrogens with zero attached hydrogens (tertiary/aromatic N) is 3. The summed E-state index contributed by atoms with van der Waals surface area (Å²) in [6.07, 6.45) is 1.78. The van der Waals surface area contributed by atoms with Crippen LogP contribution in [-0.2, 0) is 11.8 Å². The van der Waals surface area contributed by atoms with Crippen molar-refractivity contribution in [2.75, 3.05) is 19.0 Å². The van der Waals surface area contributed by atoms with Gasteiger partial charge in [-0.15, -0.1) is 0 Å². The molecule has 3 aromatic heterocycles. The fourth-order valence-corrected chi connectivity index (χ4v) is 3.16. The van der Waals surface area contributed by atoms with Crippen LogP contribution in [0.4, 0.5) is 5.82 Å². The van der Waals surface area contributed by atoms with Gasteiger partial charge in [-0.2, -0.15) is 0 Å². The van der Waals surface area contributed by atoms with E-state index in [9.17, 15) is 4.79 Å². The molecule has 0 amide bonds. The average Bonchev–Trinajstić information content (AvgIpc) is 3.25. The van der Waals surface area contributed by atoms with Gasteiger partial charge >= 0.3 is 5.97 Å². The molecular weight excluding hydrogens is 330 g/mol. The minimum atomic E-state index is -0.324. The van der Waals surface area contributed by atoms with Crippen LogP contribution in [0, 0.1) is 0 Å². The fraction of sp³-hybridized carbons (Fsp3) is 0.211. The molecule has 4 aromatic rings. The van der Waals surface area contributed by atoms with Gasteiger partial charge in [-0.1, -0.05) is 12.1 Å². The first kappa shape index (κ1) is 16.1. The third kappa shape index (κ3) is 2.48. The number of pyridine rings is 1. The molecule has 0 radical (unpaired) electrons. The van der Waals surface area contributed by atoms with E-state index < -0.39 is 0 Å². The fourth-order valence-electron chi connectivity index (χ4n) is 3.16. The zero-order valence-corrected chi connectivity index (χ0v) is 14.8. The Labute approximate surface area is 150 Å². The van der Waals surface area contributed by atoms with Gasteiger partial charge in [0.25, 0.3) is 0 Å². The van der Waals surface area contributed by atoms with Gasteiger partial charge in [-0.25, -0.2) is 14.8 Å². The SMILES string of the molecule is CCOC(=O)c1cccc(-c2cc3c(nc(NC)c4ncn(C)c43)[nH]2)c1. The molecule has 0 bridgehead atoms. The standard InChI is InChI=1S/C19H19N5O2/c1-4-26-19(25)12-7-5-6-11(8-12)14-9-13-16-15(21-10-24(16)3)18(20-2)23-17(13)22-14/h5-10H,4H2,1-3H3,(H2,20,22,23). The van der Waals surface area contributed by atoms with E-state index in [1.54, 1.807) is 19.3 Å². The van der Waals surface area contributed by atoms with Crippen molar-refractivity contribution < 1.29 is 9.53 Å². The summed E-state index contributed by atoms with van der Waals surface area (Å²) < 4.78 is 7.07. The lowest BCUT2D eigenvalue weighted by Gasteiger charge is -2.03. The predicted molar refractivity (Wildman–Crippen MR) is 101 cm³/mol. The van der Waals surface area contributed by atoms with E-state index in [-0.39, 0.29) is 5.97 Å². The van der Waals surface area contributed by atoms with Crippen LogP contribution < -0.4 is 5.32 Å². The number of aryl methyl sites for hydroxylation is 1. The first-order valence-electron chi connectivity index (χ1n) is 8.41. The van der Waals surface area contributed by atoms with E-state index in [1.165, 1.54) is 0 Å². The van der Waals surface area contributed by atoms with Gasteiger partial charge < -0.3 is 19.6 Å². The summed E-state index contributed by atoms with van der Waals surface area (Å²) in [5.41, 5.74) is 4.90. The van der Waals surface area contributed by atoms with E-state index in [2.05, 4.69) is 20.3 Å². The number of hydrogen-bond acceptors (Lipinski definition) is 5. The van der Waals surface area contributed by atoms with Crippen molar-refractivity contribution in [1.82, 2.24) is 19.5 Å². The Hall–Kier alpha value is -3.35. The lowest BCUT2D eigenvalue weighted by molar-refractivity contribution is 0.0526. The molecule has 7 nitrogen and oxygen atoms in total. The number of fused-ring (bicyclic) bond motifs is 3. The average molecular weight is 349 g/mol. The van der Waals surface area contributed by atoms with E-state index in [0.717, 1.165) is 39.1 Å². The molecule has 0 saturated heterocycles. The number of carbonyl (C=O) groups is 1. The monoisotopic (exact) mass is 349 g/mol. The minimum Gasteiger partial charge on any atom is -0.462 e. The van der Waals surface area contributed by atoms with Gasteiger partial charge in [0.1, 0.15) is 11.2 Å². The molecule has 3 heterocycles. The molecule has 0 aliphatic heterocycles. The summed E-state index contributed by atoms with van der Waals surface area (Å²) in [5, 5.41) is 4.08. The number of imidazole rings is 1. The van der Waals surface area contributed by atoms with Crippen LogP contribution in [0.5, 0.6) is 0 Å². The molecule has 0 spiro atoms. The van der Waals surface area contributed by atoms with Crippen LogP contribution in [0.25, 0.3) is 33.3 Å². The Balaban J connectivity index is 1.88. The number of ether oxygens (including phenoxy) is 1. The quantitative estimate of drug-likeness (QED) is 0.552. The molecular formula is C19H19N5O2. The van der Waals surface area contributed by atoms with Crippen molar-refractivity contribution in [2.45, 2.75) is 6.92 Å². The molecule has 0 aliphatic rings. The highest BCUT2D eigenvalue weighted by Crippen LogP contribution is 2.31. The van der Waals surface area contributed by atoms with Crippen LogP contribution in [0.1, 0.15) is 17.3 Å². The van der Waals surface area contributed by atoms with Crippen molar-refractivity contribution in [1.29, 1.82) is 0 Å². The maximum Gasteiger partial charge on any atom is 0.338 e. The van der Waals surface area contributed by atoms with Crippen LogP contribution in [-0.4, -0.2) is 39.1 Å². The topological polar surface area (TPSA) is 84.8 Å². The normalized spacial score (nSPS) is 11.2. The molecule has 7 heteroatoms. The van der Waals surface area contributed by atoms with Crippen LogP contribution in [0.3, 0.4) is 0 Å². The third-order valence-electron chi connectivity index (χ3n) is 4.36. The lowest BCUT2D eigenvalue weighted by Crippen LogP contribution is -2.04. The molecule has 26 heavy (non-hydrogen) atoms. The number of benzene rings is 1. The largest absolute Gasteiger partial charge is 0.462 e. The summed E-state index contributed by atoms with van der Waals surface area (Å²) in [4.78, 5) is 24.4. The maximum absolute atomic E-state index is 12.0. The molecule has 0 aliphatic carbocycles. The van der Waals surface area contributed by atoms with Crippen molar-refractivity contribution in [3.05, 3.63) is 42.2 Å². The smallest absolute Gasteiger partial charge is 0.338 e. The van der Waals surface area contributed by atoms with Gasteiger partial charge in [-0.05, 0) is 30.7 Å². The molecule has 0 unspecified atom stereocenters. The Morgan fingerprint density at radius 2 is 2.19 bits per heavy atom. The Morgan fingerprint density at radius 1 is 1.35 bits per heavy atom. The highest BCUT2D eigenvalue weighted by Gasteiger charge is 2.16. The van der Waals surface area contributed by atoms with Crippen molar-refractivity contribution in [3.63, 3.8) is 0 Å². The third-order valence-corrected chi connectivity index (χ3v) is 4.36. The second kappa shape index (κ2) is 6.18. The van der Waals surface area contributed by atoms with Crippen molar-refractivity contribution in [2.24, 2.45) is 7.05 Å². The number of carbonyl (C=O) groups excluding carboxylic acids is 1. The Kier molecular flexibility index (Phi) is 3.84. The summed E-state index contributed by atoms with van der Waals surface area (Å²) in [6, 6.07) is 9.41. The van der Waals surface area contributed by atoms with Gasteiger partial charge in [0.15, 0.2) is 5.82 Å².